The fourth-order valence-corrected chi connectivity index (χ4v) is 2.74. The maximum Gasteiger partial charge on any atom is 0.269 e. The predicted molar refractivity (Wildman–Crippen MR) is 101 cm³/mol. The van der Waals surface area contributed by atoms with Gasteiger partial charge < -0.3 is 10.6 Å². The van der Waals surface area contributed by atoms with Crippen LogP contribution in [0.2, 0.25) is 0 Å². The second kappa shape index (κ2) is 9.06. The molecule has 0 fully saturated rings. The number of rotatable bonds is 8. The summed E-state index contributed by atoms with van der Waals surface area (Å²) in [5.74, 6) is -0.726. The van der Waals surface area contributed by atoms with E-state index in [1.54, 1.807) is 18.2 Å². The summed E-state index contributed by atoms with van der Waals surface area (Å²) in [5, 5.41) is 10.4. The highest BCUT2D eigenvalue weighted by Crippen LogP contribution is 2.09. The van der Waals surface area contributed by atoms with Gasteiger partial charge in [0.1, 0.15) is 5.69 Å². The van der Waals surface area contributed by atoms with Gasteiger partial charge in [0.2, 0.25) is 10.0 Å². The Hall–Kier alpha value is -3.04. The second-order valence-corrected chi connectivity index (χ2v) is 7.18. The van der Waals surface area contributed by atoms with Gasteiger partial charge in [0.15, 0.2) is 0 Å². The van der Waals surface area contributed by atoms with Crippen LogP contribution >= 0.6 is 0 Å². The van der Waals surface area contributed by atoms with E-state index < -0.39 is 15.9 Å². The number of carbonyl (C=O) groups is 2. The summed E-state index contributed by atoms with van der Waals surface area (Å²) in [5.41, 5.74) is 1.30. The molecule has 0 saturated heterocycles. The summed E-state index contributed by atoms with van der Waals surface area (Å²) >= 11 is 0. The van der Waals surface area contributed by atoms with Crippen LogP contribution in [0.25, 0.3) is 0 Å². The molecule has 9 heteroatoms. The minimum Gasteiger partial charge on any atom is -0.350 e. The van der Waals surface area contributed by atoms with E-state index in [0.29, 0.717) is 25.1 Å². The topological polar surface area (TPSA) is 131 Å². The zero-order valence-corrected chi connectivity index (χ0v) is 15.3. The third kappa shape index (κ3) is 6.01. The second-order valence-electron chi connectivity index (χ2n) is 5.62. The zero-order chi connectivity index (χ0) is 19.9. The molecule has 2 aromatic rings. The van der Waals surface area contributed by atoms with Gasteiger partial charge in [-0.1, -0.05) is 18.2 Å². The van der Waals surface area contributed by atoms with Crippen molar-refractivity contribution in [2.45, 2.75) is 11.3 Å². The lowest BCUT2D eigenvalue weighted by molar-refractivity contribution is 0.0949. The number of carbonyl (C=O) groups excluding carboxylic acids is 2. The number of pyridine rings is 1. The standard InChI is InChI=1S/C18H20N4O4S/c1-2-9-21-17(23)14-8-11-20-16(12-14)18(24)22-10-7-13-3-5-15(6-4-13)27(19,25)26/h2-6,8,11-12H,1,7,9-10H2,(H,21,23)(H,22,24)(H2,19,25,26). The average molecular weight is 388 g/mol. The Kier molecular flexibility index (Phi) is 6.80. The van der Waals surface area contributed by atoms with Crippen LogP contribution in [-0.2, 0) is 16.4 Å². The summed E-state index contributed by atoms with van der Waals surface area (Å²) < 4.78 is 22.4. The van der Waals surface area contributed by atoms with E-state index in [2.05, 4.69) is 22.2 Å². The molecule has 0 aliphatic carbocycles. The van der Waals surface area contributed by atoms with Crippen molar-refractivity contribution in [2.75, 3.05) is 13.1 Å². The molecule has 142 valence electrons. The first-order chi connectivity index (χ1) is 12.8. The number of hydrogen-bond donors (Lipinski definition) is 3. The smallest absolute Gasteiger partial charge is 0.269 e. The Labute approximate surface area is 157 Å². The van der Waals surface area contributed by atoms with E-state index in [4.69, 9.17) is 5.14 Å². The Bertz CT molecular complexity index is 940. The van der Waals surface area contributed by atoms with Gasteiger partial charge in [-0.25, -0.2) is 13.6 Å². The molecular formula is C18H20N4O4S. The molecule has 0 atom stereocenters. The predicted octanol–water partition coefficient (Wildman–Crippen LogP) is 0.617. The minimum atomic E-state index is -3.72. The Morgan fingerprint density at radius 1 is 1.11 bits per heavy atom. The molecule has 1 heterocycles. The summed E-state index contributed by atoms with van der Waals surface area (Å²) in [6, 6.07) is 9.03. The fourth-order valence-electron chi connectivity index (χ4n) is 2.22. The molecule has 8 nitrogen and oxygen atoms in total. The summed E-state index contributed by atoms with van der Waals surface area (Å²) in [6.45, 7) is 4.17. The molecule has 0 unspecified atom stereocenters. The third-order valence-corrected chi connectivity index (χ3v) is 4.54. The van der Waals surface area contributed by atoms with Crippen LogP contribution in [0.1, 0.15) is 26.4 Å². The first-order valence-corrected chi connectivity index (χ1v) is 9.61. The van der Waals surface area contributed by atoms with Gasteiger partial charge in [-0.05, 0) is 36.2 Å². The zero-order valence-electron chi connectivity index (χ0n) is 14.5. The number of primary sulfonamides is 1. The van der Waals surface area contributed by atoms with E-state index in [1.807, 2.05) is 0 Å². The van der Waals surface area contributed by atoms with Gasteiger partial charge in [0.05, 0.1) is 4.90 Å². The van der Waals surface area contributed by atoms with E-state index in [-0.39, 0.29) is 16.5 Å². The normalized spacial score (nSPS) is 10.9. The minimum absolute atomic E-state index is 0.0334. The number of nitrogens with zero attached hydrogens (tertiary/aromatic N) is 1. The van der Waals surface area contributed by atoms with Crippen molar-refractivity contribution in [2.24, 2.45) is 5.14 Å². The van der Waals surface area contributed by atoms with Crippen LogP contribution in [0.15, 0.2) is 60.1 Å². The highest BCUT2D eigenvalue weighted by Gasteiger charge is 2.11. The Morgan fingerprint density at radius 3 is 2.44 bits per heavy atom. The number of nitrogens with two attached hydrogens (primary N) is 1. The molecule has 2 rings (SSSR count). The maximum absolute atomic E-state index is 12.2. The summed E-state index contributed by atoms with van der Waals surface area (Å²) in [6.07, 6.45) is 3.45. The molecule has 0 spiro atoms. The van der Waals surface area contributed by atoms with Gasteiger partial charge >= 0.3 is 0 Å². The van der Waals surface area contributed by atoms with E-state index in [1.165, 1.54) is 30.5 Å². The number of benzene rings is 1. The number of amides is 2. The number of hydrogen-bond acceptors (Lipinski definition) is 5. The molecule has 2 amide bonds. The third-order valence-electron chi connectivity index (χ3n) is 3.61. The highest BCUT2D eigenvalue weighted by atomic mass is 32.2. The van der Waals surface area contributed by atoms with Gasteiger partial charge in [0, 0.05) is 24.8 Å². The van der Waals surface area contributed by atoms with Crippen LogP contribution in [0, 0.1) is 0 Å². The van der Waals surface area contributed by atoms with Crippen LogP contribution in [0.3, 0.4) is 0 Å². The van der Waals surface area contributed by atoms with Gasteiger partial charge in [-0.2, -0.15) is 0 Å². The van der Waals surface area contributed by atoms with Crippen LogP contribution in [0.5, 0.6) is 0 Å². The van der Waals surface area contributed by atoms with Crippen molar-refractivity contribution in [1.82, 2.24) is 15.6 Å². The summed E-state index contributed by atoms with van der Waals surface area (Å²) in [4.78, 5) is 28.1. The van der Waals surface area contributed by atoms with Crippen LogP contribution in [-0.4, -0.2) is 38.3 Å². The quantitative estimate of drug-likeness (QED) is 0.571. The number of nitrogens with one attached hydrogen (secondary N) is 2. The summed E-state index contributed by atoms with van der Waals surface area (Å²) in [7, 11) is -3.72. The monoisotopic (exact) mass is 388 g/mol. The van der Waals surface area contributed by atoms with Gasteiger partial charge in [0.25, 0.3) is 11.8 Å². The van der Waals surface area contributed by atoms with E-state index in [0.717, 1.165) is 5.56 Å². The largest absolute Gasteiger partial charge is 0.350 e. The maximum atomic E-state index is 12.2. The van der Waals surface area contributed by atoms with Crippen molar-refractivity contribution >= 4 is 21.8 Å². The van der Waals surface area contributed by atoms with Gasteiger partial charge in [-0.3, -0.25) is 14.6 Å². The molecule has 0 aliphatic rings. The van der Waals surface area contributed by atoms with Crippen molar-refractivity contribution in [3.8, 4) is 0 Å². The molecule has 27 heavy (non-hydrogen) atoms. The fraction of sp³-hybridized carbons (Fsp3) is 0.167. The molecule has 1 aromatic heterocycles. The molecule has 4 N–H and O–H groups in total. The van der Waals surface area contributed by atoms with Crippen molar-refractivity contribution in [3.05, 3.63) is 72.1 Å². The SMILES string of the molecule is C=CCNC(=O)c1ccnc(C(=O)NCCc2ccc(S(N)(=O)=O)cc2)c1. The molecule has 0 aliphatic heterocycles. The number of aromatic nitrogens is 1. The average Bonchev–Trinajstić information content (AvgIpc) is 2.65. The van der Waals surface area contributed by atoms with Crippen LogP contribution in [0.4, 0.5) is 0 Å². The molecular weight excluding hydrogens is 368 g/mol. The molecule has 0 bridgehead atoms. The first-order valence-electron chi connectivity index (χ1n) is 8.06. The lowest BCUT2D eigenvalue weighted by Crippen LogP contribution is -2.28. The van der Waals surface area contributed by atoms with Crippen molar-refractivity contribution < 1.29 is 18.0 Å². The highest BCUT2D eigenvalue weighted by molar-refractivity contribution is 7.89. The first kappa shape index (κ1) is 20.3. The number of sulfonamides is 1. The van der Waals surface area contributed by atoms with Gasteiger partial charge in [-0.15, -0.1) is 6.58 Å². The molecule has 0 saturated carbocycles. The van der Waals surface area contributed by atoms with E-state index >= 15 is 0 Å². The lowest BCUT2D eigenvalue weighted by atomic mass is 10.1. The lowest BCUT2D eigenvalue weighted by Gasteiger charge is -2.07. The van der Waals surface area contributed by atoms with Crippen LogP contribution < -0.4 is 15.8 Å². The Balaban J connectivity index is 1.92. The van der Waals surface area contributed by atoms with Crippen molar-refractivity contribution in [1.29, 1.82) is 0 Å². The molecule has 0 radical (unpaired) electrons. The van der Waals surface area contributed by atoms with E-state index in [9.17, 15) is 18.0 Å². The Morgan fingerprint density at radius 2 is 1.81 bits per heavy atom. The van der Waals surface area contributed by atoms with Crippen molar-refractivity contribution in [3.63, 3.8) is 0 Å². The molecule has 1 aromatic carbocycles.